The molecule has 6 nitrogen and oxygen atoms in total. The number of hydrogen-bond acceptors (Lipinski definition) is 6. The minimum atomic E-state index is -0.670. The Balaban J connectivity index is 1.39. The lowest BCUT2D eigenvalue weighted by atomic mass is 10.0. The highest BCUT2D eigenvalue weighted by Crippen LogP contribution is 2.38. The molecule has 1 atom stereocenters. The highest BCUT2D eigenvalue weighted by molar-refractivity contribution is 7.09. The van der Waals surface area contributed by atoms with Crippen molar-refractivity contribution in [2.75, 3.05) is 25.2 Å². The van der Waals surface area contributed by atoms with Crippen LogP contribution in [0.3, 0.4) is 0 Å². The van der Waals surface area contributed by atoms with Gasteiger partial charge in [0, 0.05) is 30.0 Å². The number of ether oxygens (including phenoxy) is 2. The van der Waals surface area contributed by atoms with Gasteiger partial charge in [0.2, 0.25) is 0 Å². The highest BCUT2D eigenvalue weighted by Gasteiger charge is 2.33. The van der Waals surface area contributed by atoms with E-state index in [2.05, 4.69) is 0 Å². The molecular weight excluding hydrogens is 472 g/mol. The predicted molar refractivity (Wildman–Crippen MR) is 142 cm³/mol. The first-order valence-electron chi connectivity index (χ1n) is 11.8. The van der Waals surface area contributed by atoms with Gasteiger partial charge < -0.3 is 9.47 Å². The summed E-state index contributed by atoms with van der Waals surface area (Å²) in [5.74, 6) is 0.199. The van der Waals surface area contributed by atoms with Crippen LogP contribution in [0.1, 0.15) is 22.3 Å². The number of methoxy groups -OCH3 is 1. The van der Waals surface area contributed by atoms with E-state index < -0.39 is 6.10 Å². The van der Waals surface area contributed by atoms with E-state index in [0.717, 1.165) is 33.8 Å². The molecule has 1 unspecified atom stereocenters. The summed E-state index contributed by atoms with van der Waals surface area (Å²) in [6.45, 7) is 2.25. The molecule has 1 aliphatic heterocycles. The van der Waals surface area contributed by atoms with Gasteiger partial charge in [-0.2, -0.15) is 0 Å². The predicted octanol–water partition coefficient (Wildman–Crippen LogP) is 5.66. The molecule has 1 amide bonds. The number of carbonyl (C=O) groups is 2. The summed E-state index contributed by atoms with van der Waals surface area (Å²) in [5.41, 5.74) is 4.94. The topological polar surface area (TPSA) is 68.7 Å². The van der Waals surface area contributed by atoms with Gasteiger partial charge in [0.1, 0.15) is 5.75 Å². The average molecular weight is 499 g/mol. The summed E-state index contributed by atoms with van der Waals surface area (Å²) in [6.07, 6.45) is 0.0751. The number of nitrogens with zero attached hydrogens (tertiary/aromatic N) is 2. The third kappa shape index (κ3) is 4.94. The van der Waals surface area contributed by atoms with Crippen LogP contribution in [0.4, 0.5) is 5.69 Å². The fourth-order valence-corrected chi connectivity index (χ4v) is 4.98. The molecule has 0 bridgehead atoms. The van der Waals surface area contributed by atoms with Gasteiger partial charge in [-0.25, -0.2) is 4.98 Å². The largest absolute Gasteiger partial charge is 0.479 e. The number of rotatable bonds is 8. The Kier molecular flexibility index (Phi) is 6.93. The molecule has 2 heterocycles. The molecule has 4 aromatic rings. The van der Waals surface area contributed by atoms with Crippen LogP contribution >= 0.6 is 11.3 Å². The lowest BCUT2D eigenvalue weighted by Crippen LogP contribution is -2.46. The number of ketones is 1. The van der Waals surface area contributed by atoms with Crippen molar-refractivity contribution < 1.29 is 19.1 Å². The van der Waals surface area contributed by atoms with Crippen molar-refractivity contribution in [2.45, 2.75) is 19.4 Å². The minimum Gasteiger partial charge on any atom is -0.479 e. The molecule has 0 aliphatic carbocycles. The average Bonchev–Trinajstić information content (AvgIpc) is 3.39. The van der Waals surface area contributed by atoms with Gasteiger partial charge >= 0.3 is 0 Å². The number of carbonyl (C=O) groups excluding carboxylic acids is 2. The van der Waals surface area contributed by atoms with Gasteiger partial charge in [0.15, 0.2) is 11.9 Å². The van der Waals surface area contributed by atoms with E-state index in [1.165, 1.54) is 4.90 Å². The van der Waals surface area contributed by atoms with Crippen LogP contribution in [0.25, 0.3) is 22.4 Å². The van der Waals surface area contributed by atoms with Crippen molar-refractivity contribution in [3.63, 3.8) is 0 Å². The zero-order valence-corrected chi connectivity index (χ0v) is 21.0. The van der Waals surface area contributed by atoms with E-state index in [1.807, 2.05) is 78.2 Å². The Morgan fingerprint density at radius 1 is 1.03 bits per heavy atom. The molecular formula is C29H26N2O4S. The molecule has 0 N–H and O–H groups in total. The molecule has 0 fully saturated rings. The zero-order chi connectivity index (χ0) is 25.1. The van der Waals surface area contributed by atoms with Crippen LogP contribution in [0.5, 0.6) is 5.75 Å². The minimum absolute atomic E-state index is 0.0657. The number of amides is 1. The zero-order valence-electron chi connectivity index (χ0n) is 20.1. The molecule has 1 aromatic heterocycles. The Hall–Kier alpha value is -3.81. The van der Waals surface area contributed by atoms with Crippen molar-refractivity contribution in [1.82, 2.24) is 4.98 Å². The van der Waals surface area contributed by atoms with E-state index >= 15 is 0 Å². The van der Waals surface area contributed by atoms with Gasteiger partial charge in [-0.3, -0.25) is 14.5 Å². The number of benzene rings is 3. The molecule has 5 rings (SSSR count). The summed E-state index contributed by atoms with van der Waals surface area (Å²) >= 11 is 1.57. The summed E-state index contributed by atoms with van der Waals surface area (Å²) in [4.78, 5) is 32.5. The Morgan fingerprint density at radius 2 is 1.75 bits per heavy atom. The first-order valence-corrected chi connectivity index (χ1v) is 12.7. The second-order valence-corrected chi connectivity index (χ2v) is 9.55. The molecule has 0 spiro atoms. The van der Waals surface area contributed by atoms with Crippen molar-refractivity contribution in [1.29, 1.82) is 0 Å². The van der Waals surface area contributed by atoms with Crippen LogP contribution in [-0.2, 0) is 16.0 Å². The van der Waals surface area contributed by atoms with Gasteiger partial charge in [-0.15, -0.1) is 11.3 Å². The second kappa shape index (κ2) is 10.4. The quantitative estimate of drug-likeness (QED) is 0.293. The van der Waals surface area contributed by atoms with Gasteiger partial charge in [-0.05, 0) is 36.2 Å². The van der Waals surface area contributed by atoms with Crippen LogP contribution in [0, 0.1) is 0 Å². The summed E-state index contributed by atoms with van der Waals surface area (Å²) in [7, 11) is 1.67. The third-order valence-electron chi connectivity index (χ3n) is 6.15. The first kappa shape index (κ1) is 23.9. The van der Waals surface area contributed by atoms with E-state index in [4.69, 9.17) is 14.5 Å². The van der Waals surface area contributed by atoms with Crippen LogP contribution in [0.2, 0.25) is 0 Å². The number of aromatic nitrogens is 1. The summed E-state index contributed by atoms with van der Waals surface area (Å²) in [6, 6.07) is 23.1. The monoisotopic (exact) mass is 498 g/mol. The second-order valence-electron chi connectivity index (χ2n) is 8.60. The van der Waals surface area contributed by atoms with E-state index in [0.29, 0.717) is 23.6 Å². The Labute approximate surface area is 214 Å². The Morgan fingerprint density at radius 3 is 2.50 bits per heavy atom. The maximum atomic E-state index is 13.2. The van der Waals surface area contributed by atoms with Crippen molar-refractivity contribution in [2.24, 2.45) is 0 Å². The summed E-state index contributed by atoms with van der Waals surface area (Å²) < 4.78 is 11.0. The first-order chi connectivity index (χ1) is 17.5. The molecule has 1 aliphatic rings. The Bertz CT molecular complexity index is 1380. The molecule has 0 radical (unpaired) electrons. The number of hydrogen-bond donors (Lipinski definition) is 0. The van der Waals surface area contributed by atoms with Crippen molar-refractivity contribution >= 4 is 28.7 Å². The fraction of sp³-hybridized carbons (Fsp3) is 0.207. The van der Waals surface area contributed by atoms with Crippen LogP contribution in [-0.4, -0.2) is 43.0 Å². The number of anilines is 1. The van der Waals surface area contributed by atoms with E-state index in [-0.39, 0.29) is 18.2 Å². The van der Waals surface area contributed by atoms with Crippen molar-refractivity contribution in [3.05, 3.63) is 88.7 Å². The van der Waals surface area contributed by atoms with E-state index in [1.54, 1.807) is 25.4 Å². The lowest BCUT2D eigenvalue weighted by Gasteiger charge is -2.33. The molecule has 182 valence electrons. The number of thiazole rings is 1. The van der Waals surface area contributed by atoms with Crippen molar-refractivity contribution in [3.8, 4) is 28.1 Å². The highest BCUT2D eigenvalue weighted by atomic mass is 32.1. The number of Topliss-reactive ketones (excluding diaryl/α,β-unsaturated/α-hetero) is 1. The van der Waals surface area contributed by atoms with Crippen LogP contribution < -0.4 is 9.64 Å². The maximum absolute atomic E-state index is 13.2. The third-order valence-corrected chi connectivity index (χ3v) is 7.06. The number of fused-ring (bicyclic) bond motifs is 1. The van der Waals surface area contributed by atoms with Gasteiger partial charge in [-0.1, -0.05) is 54.6 Å². The lowest BCUT2D eigenvalue weighted by molar-refractivity contribution is -0.125. The normalized spacial score (nSPS) is 14.9. The SMILES string of the molecule is COCCc1nc(-c2ccc3c(c2)N(CC(=O)c2ccc(-c4ccccc4)cc2)C(=O)C(C)O3)cs1. The fourth-order valence-electron chi connectivity index (χ4n) is 4.19. The standard InChI is InChI=1S/C29H26N2O4S/c1-19-29(33)31(17-26(32)22-10-8-21(9-11-22)20-6-4-3-5-7-20)25-16-23(12-13-27(25)35-19)24-18-36-28(30-24)14-15-34-2/h3-13,16,18-19H,14-15,17H2,1-2H3. The van der Waals surface area contributed by atoms with Gasteiger partial charge in [0.25, 0.3) is 5.91 Å². The molecule has 0 saturated carbocycles. The molecule has 0 saturated heterocycles. The summed E-state index contributed by atoms with van der Waals surface area (Å²) in [5, 5.41) is 2.97. The van der Waals surface area contributed by atoms with E-state index in [9.17, 15) is 9.59 Å². The van der Waals surface area contributed by atoms with Crippen LogP contribution in [0.15, 0.2) is 78.2 Å². The molecule has 7 heteroatoms. The maximum Gasteiger partial charge on any atom is 0.268 e. The van der Waals surface area contributed by atoms with Gasteiger partial charge in [0.05, 0.1) is 29.5 Å². The molecule has 36 heavy (non-hydrogen) atoms. The molecule has 3 aromatic carbocycles. The smallest absolute Gasteiger partial charge is 0.268 e.